The van der Waals surface area contributed by atoms with Crippen LogP contribution in [0.25, 0.3) is 22.4 Å². The molecule has 1 N–H and O–H groups in total. The first-order valence-corrected chi connectivity index (χ1v) is 7.09. The predicted molar refractivity (Wildman–Crippen MR) is 87.3 cm³/mol. The molecule has 1 heterocycles. The number of aryl methyl sites for hydroxylation is 1. The third-order valence-electron chi connectivity index (χ3n) is 3.64. The van der Waals surface area contributed by atoms with Crippen molar-refractivity contribution >= 4 is 0 Å². The molecule has 0 fully saturated rings. The van der Waals surface area contributed by atoms with E-state index >= 15 is 0 Å². The standard InChI is InChI=1S/C19H13FN2O/c1-12-5-7-13(8-6-12)18-10-16(17(11-21)19(23)22-18)14-3-2-4-15(20)9-14/h2-10H,1H3,(H,22,23). The molecule has 0 bridgehead atoms. The average molecular weight is 304 g/mol. The summed E-state index contributed by atoms with van der Waals surface area (Å²) in [5, 5.41) is 9.26. The quantitative estimate of drug-likeness (QED) is 0.777. The van der Waals surface area contributed by atoms with Gasteiger partial charge in [0.15, 0.2) is 0 Å². The van der Waals surface area contributed by atoms with Crippen LogP contribution in [0, 0.1) is 24.1 Å². The van der Waals surface area contributed by atoms with Crippen molar-refractivity contribution in [3.05, 3.63) is 81.9 Å². The molecule has 0 saturated carbocycles. The van der Waals surface area contributed by atoms with Crippen LogP contribution in [-0.2, 0) is 0 Å². The van der Waals surface area contributed by atoms with Crippen LogP contribution in [0.1, 0.15) is 11.1 Å². The Kier molecular flexibility index (Phi) is 3.78. The smallest absolute Gasteiger partial charge is 0.266 e. The minimum Gasteiger partial charge on any atom is -0.321 e. The largest absolute Gasteiger partial charge is 0.321 e. The van der Waals surface area contributed by atoms with Crippen LogP contribution in [-0.4, -0.2) is 4.98 Å². The van der Waals surface area contributed by atoms with E-state index < -0.39 is 11.4 Å². The molecule has 4 heteroatoms. The zero-order chi connectivity index (χ0) is 16.4. The number of nitrogens with zero attached hydrogens (tertiary/aromatic N) is 1. The van der Waals surface area contributed by atoms with Crippen molar-refractivity contribution in [1.29, 1.82) is 5.26 Å². The van der Waals surface area contributed by atoms with Crippen LogP contribution >= 0.6 is 0 Å². The number of hydrogen-bond donors (Lipinski definition) is 1. The van der Waals surface area contributed by atoms with E-state index in [-0.39, 0.29) is 5.56 Å². The molecule has 112 valence electrons. The predicted octanol–water partition coefficient (Wildman–Crippen LogP) is 4.03. The van der Waals surface area contributed by atoms with E-state index in [0.717, 1.165) is 11.1 Å². The number of nitriles is 1. The van der Waals surface area contributed by atoms with Gasteiger partial charge in [0.2, 0.25) is 0 Å². The summed E-state index contributed by atoms with van der Waals surface area (Å²) < 4.78 is 13.5. The van der Waals surface area contributed by atoms with Crippen LogP contribution in [0.15, 0.2) is 59.4 Å². The Labute approximate surface area is 132 Å². The van der Waals surface area contributed by atoms with E-state index in [9.17, 15) is 14.4 Å². The lowest BCUT2D eigenvalue weighted by atomic mass is 9.99. The molecule has 3 rings (SSSR count). The minimum absolute atomic E-state index is 0.0218. The third kappa shape index (κ3) is 2.90. The first kappa shape index (κ1) is 14.7. The van der Waals surface area contributed by atoms with Crippen molar-refractivity contribution in [2.45, 2.75) is 6.92 Å². The summed E-state index contributed by atoms with van der Waals surface area (Å²) in [6.45, 7) is 1.98. The molecular formula is C19H13FN2O. The molecule has 0 atom stereocenters. The summed E-state index contributed by atoms with van der Waals surface area (Å²) in [6.07, 6.45) is 0. The van der Waals surface area contributed by atoms with Crippen molar-refractivity contribution in [3.8, 4) is 28.5 Å². The van der Waals surface area contributed by atoms with Crippen molar-refractivity contribution in [1.82, 2.24) is 4.98 Å². The number of pyridine rings is 1. The highest BCUT2D eigenvalue weighted by atomic mass is 19.1. The maximum atomic E-state index is 13.5. The van der Waals surface area contributed by atoms with Crippen LogP contribution in [0.5, 0.6) is 0 Å². The molecule has 0 radical (unpaired) electrons. The monoisotopic (exact) mass is 304 g/mol. The summed E-state index contributed by atoms with van der Waals surface area (Å²) in [4.78, 5) is 14.9. The average Bonchev–Trinajstić information content (AvgIpc) is 2.55. The Morgan fingerprint density at radius 3 is 2.43 bits per heavy atom. The first-order valence-electron chi connectivity index (χ1n) is 7.09. The van der Waals surface area contributed by atoms with Gasteiger partial charge in [0.1, 0.15) is 17.4 Å². The Morgan fingerprint density at radius 1 is 1.04 bits per heavy atom. The molecule has 0 amide bonds. The fourth-order valence-corrected chi connectivity index (χ4v) is 2.44. The maximum absolute atomic E-state index is 13.5. The molecule has 0 spiro atoms. The molecule has 23 heavy (non-hydrogen) atoms. The highest BCUT2D eigenvalue weighted by Crippen LogP contribution is 2.26. The molecule has 0 aliphatic rings. The van der Waals surface area contributed by atoms with Gasteiger partial charge in [0, 0.05) is 11.3 Å². The second kappa shape index (κ2) is 5.90. The second-order valence-electron chi connectivity index (χ2n) is 5.29. The lowest BCUT2D eigenvalue weighted by Gasteiger charge is -2.08. The van der Waals surface area contributed by atoms with Crippen LogP contribution in [0.2, 0.25) is 0 Å². The minimum atomic E-state index is -0.482. The van der Waals surface area contributed by atoms with Gasteiger partial charge in [-0.3, -0.25) is 4.79 Å². The molecule has 0 aliphatic carbocycles. The van der Waals surface area contributed by atoms with Gasteiger partial charge in [-0.05, 0) is 36.2 Å². The highest BCUT2D eigenvalue weighted by Gasteiger charge is 2.12. The number of aromatic nitrogens is 1. The molecule has 0 saturated heterocycles. The van der Waals surface area contributed by atoms with Gasteiger partial charge < -0.3 is 4.98 Å². The molecular weight excluding hydrogens is 291 g/mol. The molecule has 1 aromatic heterocycles. The van der Waals surface area contributed by atoms with Crippen LogP contribution < -0.4 is 5.56 Å². The molecule has 3 aromatic rings. The maximum Gasteiger partial charge on any atom is 0.266 e. The van der Waals surface area contributed by atoms with E-state index in [1.807, 2.05) is 37.3 Å². The summed E-state index contributed by atoms with van der Waals surface area (Å²) in [6, 6.07) is 17.1. The van der Waals surface area contributed by atoms with Crippen molar-refractivity contribution in [2.75, 3.05) is 0 Å². The summed E-state index contributed by atoms with van der Waals surface area (Å²) in [5.41, 5.74) is 2.95. The SMILES string of the molecule is Cc1ccc(-c2cc(-c3cccc(F)c3)c(C#N)c(=O)[nH]2)cc1. The number of hydrogen-bond acceptors (Lipinski definition) is 2. The normalized spacial score (nSPS) is 10.3. The van der Waals surface area contributed by atoms with Gasteiger partial charge >= 0.3 is 0 Å². The third-order valence-corrected chi connectivity index (χ3v) is 3.64. The van der Waals surface area contributed by atoms with E-state index in [1.165, 1.54) is 12.1 Å². The number of benzene rings is 2. The summed E-state index contributed by atoms with van der Waals surface area (Å²) in [5.74, 6) is -0.413. The van der Waals surface area contributed by atoms with E-state index in [2.05, 4.69) is 4.98 Å². The fraction of sp³-hybridized carbons (Fsp3) is 0.0526. The van der Waals surface area contributed by atoms with Gasteiger partial charge in [-0.15, -0.1) is 0 Å². The first-order chi connectivity index (χ1) is 11.1. The Balaban J connectivity index is 2.24. The van der Waals surface area contributed by atoms with E-state index in [1.54, 1.807) is 18.2 Å². The van der Waals surface area contributed by atoms with Crippen LogP contribution in [0.4, 0.5) is 4.39 Å². The van der Waals surface area contributed by atoms with Crippen molar-refractivity contribution in [2.24, 2.45) is 0 Å². The lowest BCUT2D eigenvalue weighted by Crippen LogP contribution is -2.12. The number of rotatable bonds is 2. The topological polar surface area (TPSA) is 56.6 Å². The van der Waals surface area contributed by atoms with E-state index in [0.29, 0.717) is 16.8 Å². The molecule has 0 unspecified atom stereocenters. The fourth-order valence-electron chi connectivity index (χ4n) is 2.44. The number of aromatic amines is 1. The van der Waals surface area contributed by atoms with Crippen molar-refractivity contribution < 1.29 is 4.39 Å². The summed E-state index contributed by atoms with van der Waals surface area (Å²) in [7, 11) is 0. The zero-order valence-corrected chi connectivity index (χ0v) is 12.4. The number of halogens is 1. The van der Waals surface area contributed by atoms with Gasteiger partial charge in [-0.2, -0.15) is 5.26 Å². The Hall–Kier alpha value is -3.19. The van der Waals surface area contributed by atoms with Crippen LogP contribution in [0.3, 0.4) is 0 Å². The van der Waals surface area contributed by atoms with Crippen molar-refractivity contribution in [3.63, 3.8) is 0 Å². The molecule has 3 nitrogen and oxygen atoms in total. The zero-order valence-electron chi connectivity index (χ0n) is 12.4. The Bertz CT molecular complexity index is 966. The highest BCUT2D eigenvalue weighted by molar-refractivity contribution is 5.75. The number of nitrogens with one attached hydrogen (secondary N) is 1. The second-order valence-corrected chi connectivity index (χ2v) is 5.29. The molecule has 2 aromatic carbocycles. The summed E-state index contributed by atoms with van der Waals surface area (Å²) >= 11 is 0. The number of H-pyrrole nitrogens is 1. The van der Waals surface area contributed by atoms with Gasteiger partial charge in [0.25, 0.3) is 5.56 Å². The van der Waals surface area contributed by atoms with Gasteiger partial charge in [-0.25, -0.2) is 4.39 Å². The lowest BCUT2D eigenvalue weighted by molar-refractivity contribution is 0.628. The molecule has 0 aliphatic heterocycles. The Morgan fingerprint density at radius 2 is 1.78 bits per heavy atom. The van der Waals surface area contributed by atoms with Gasteiger partial charge in [0.05, 0.1) is 0 Å². The van der Waals surface area contributed by atoms with E-state index in [4.69, 9.17) is 0 Å². The van der Waals surface area contributed by atoms with Gasteiger partial charge in [-0.1, -0.05) is 42.0 Å².